The lowest BCUT2D eigenvalue weighted by molar-refractivity contribution is -0.393. The van der Waals surface area contributed by atoms with Gasteiger partial charge >= 0.3 is 5.97 Å². The van der Waals surface area contributed by atoms with Gasteiger partial charge in [-0.1, -0.05) is 36.4 Å². The first-order valence-electron chi connectivity index (χ1n) is 7.74. The van der Waals surface area contributed by atoms with Gasteiger partial charge in [-0.25, -0.2) is 4.79 Å². The Hall–Kier alpha value is -4.07. The van der Waals surface area contributed by atoms with E-state index in [-0.39, 0.29) is 11.1 Å². The molecule has 1 N–H and O–H groups in total. The molecular formula is C19H12N2O6. The fourth-order valence-corrected chi connectivity index (χ4v) is 2.78. The third-order valence-electron chi connectivity index (χ3n) is 4.03. The average molecular weight is 364 g/mol. The number of non-ortho nitro benzene ring substituents is 1. The highest BCUT2D eigenvalue weighted by Crippen LogP contribution is 2.39. The number of nitro benzene ring substituents is 2. The molecule has 27 heavy (non-hydrogen) atoms. The van der Waals surface area contributed by atoms with Crippen LogP contribution in [0.15, 0.2) is 66.7 Å². The molecule has 0 radical (unpaired) electrons. The number of carboxylic acid groups (broad SMARTS) is 1. The Morgan fingerprint density at radius 1 is 0.778 bits per heavy atom. The lowest BCUT2D eigenvalue weighted by atomic mass is 9.92. The first-order chi connectivity index (χ1) is 12.9. The predicted molar refractivity (Wildman–Crippen MR) is 97.6 cm³/mol. The van der Waals surface area contributed by atoms with Crippen LogP contribution in [0.3, 0.4) is 0 Å². The molecule has 0 aromatic heterocycles. The van der Waals surface area contributed by atoms with Crippen molar-refractivity contribution in [3.05, 3.63) is 92.5 Å². The van der Waals surface area contributed by atoms with Gasteiger partial charge < -0.3 is 5.11 Å². The van der Waals surface area contributed by atoms with Crippen LogP contribution in [0.25, 0.3) is 22.3 Å². The van der Waals surface area contributed by atoms with Crippen molar-refractivity contribution in [3.8, 4) is 22.3 Å². The Kier molecular flexibility index (Phi) is 4.63. The van der Waals surface area contributed by atoms with Crippen molar-refractivity contribution in [1.29, 1.82) is 0 Å². The van der Waals surface area contributed by atoms with Gasteiger partial charge in [0.2, 0.25) is 0 Å². The third-order valence-corrected chi connectivity index (χ3v) is 4.03. The Balaban J connectivity index is 2.32. The second kappa shape index (κ2) is 7.04. The Morgan fingerprint density at radius 2 is 1.44 bits per heavy atom. The van der Waals surface area contributed by atoms with Crippen LogP contribution in [0.1, 0.15) is 10.4 Å². The lowest BCUT2D eigenvalue weighted by Crippen LogP contribution is -2.00. The van der Waals surface area contributed by atoms with Crippen molar-refractivity contribution in [2.24, 2.45) is 0 Å². The molecule has 0 bridgehead atoms. The summed E-state index contributed by atoms with van der Waals surface area (Å²) < 4.78 is 0. The van der Waals surface area contributed by atoms with Crippen LogP contribution in [0, 0.1) is 20.2 Å². The molecule has 8 nitrogen and oxygen atoms in total. The number of nitrogens with zero attached hydrogens (tertiary/aromatic N) is 2. The number of aromatic carboxylic acids is 1. The lowest BCUT2D eigenvalue weighted by Gasteiger charge is -2.12. The Morgan fingerprint density at radius 3 is 2.04 bits per heavy atom. The molecule has 0 fully saturated rings. The smallest absolute Gasteiger partial charge is 0.335 e. The highest BCUT2D eigenvalue weighted by Gasteiger charge is 2.23. The van der Waals surface area contributed by atoms with Crippen LogP contribution in [0.2, 0.25) is 0 Å². The monoisotopic (exact) mass is 364 g/mol. The summed E-state index contributed by atoms with van der Waals surface area (Å²) in [5.41, 5.74) is 0.798. The van der Waals surface area contributed by atoms with E-state index < -0.39 is 27.2 Å². The minimum absolute atomic E-state index is 0.0441. The van der Waals surface area contributed by atoms with Gasteiger partial charge in [-0.3, -0.25) is 20.2 Å². The van der Waals surface area contributed by atoms with E-state index in [1.165, 1.54) is 18.2 Å². The van der Waals surface area contributed by atoms with Crippen LogP contribution < -0.4 is 0 Å². The number of benzene rings is 3. The van der Waals surface area contributed by atoms with Crippen LogP contribution in [0.5, 0.6) is 0 Å². The van der Waals surface area contributed by atoms with E-state index >= 15 is 0 Å². The van der Waals surface area contributed by atoms with E-state index in [9.17, 15) is 30.1 Å². The second-order valence-corrected chi connectivity index (χ2v) is 5.65. The van der Waals surface area contributed by atoms with Gasteiger partial charge in [0.25, 0.3) is 11.4 Å². The maximum absolute atomic E-state index is 11.5. The summed E-state index contributed by atoms with van der Waals surface area (Å²) >= 11 is 0. The highest BCUT2D eigenvalue weighted by atomic mass is 16.6. The normalized spacial score (nSPS) is 10.4. The molecule has 0 amide bonds. The molecule has 3 rings (SSSR count). The first kappa shape index (κ1) is 17.7. The van der Waals surface area contributed by atoms with Crippen molar-refractivity contribution < 1.29 is 19.7 Å². The van der Waals surface area contributed by atoms with Gasteiger partial charge in [0, 0.05) is 6.07 Å². The third kappa shape index (κ3) is 3.49. The van der Waals surface area contributed by atoms with E-state index in [1.807, 2.05) is 6.07 Å². The van der Waals surface area contributed by atoms with Crippen molar-refractivity contribution in [3.63, 3.8) is 0 Å². The quantitative estimate of drug-likeness (QED) is 0.524. The molecule has 0 aliphatic carbocycles. The van der Waals surface area contributed by atoms with Gasteiger partial charge in [-0.05, 0) is 34.9 Å². The molecule has 0 unspecified atom stereocenters. The van der Waals surface area contributed by atoms with Crippen molar-refractivity contribution in [2.45, 2.75) is 0 Å². The molecule has 0 heterocycles. The number of carboxylic acids is 1. The summed E-state index contributed by atoms with van der Waals surface area (Å²) in [6, 6.07) is 16.6. The summed E-state index contributed by atoms with van der Waals surface area (Å²) in [6.07, 6.45) is 0. The van der Waals surface area contributed by atoms with E-state index in [1.54, 1.807) is 30.3 Å². The zero-order chi connectivity index (χ0) is 19.6. The maximum Gasteiger partial charge on any atom is 0.335 e. The van der Waals surface area contributed by atoms with Crippen LogP contribution >= 0.6 is 0 Å². The van der Waals surface area contributed by atoms with Crippen molar-refractivity contribution in [2.75, 3.05) is 0 Å². The minimum atomic E-state index is -1.18. The van der Waals surface area contributed by atoms with E-state index in [0.717, 1.165) is 17.7 Å². The van der Waals surface area contributed by atoms with E-state index in [2.05, 4.69) is 0 Å². The zero-order valence-electron chi connectivity index (χ0n) is 13.7. The minimum Gasteiger partial charge on any atom is -0.478 e. The topological polar surface area (TPSA) is 124 Å². The zero-order valence-corrected chi connectivity index (χ0v) is 13.7. The van der Waals surface area contributed by atoms with E-state index in [4.69, 9.17) is 0 Å². The Bertz CT molecular complexity index is 1060. The highest BCUT2D eigenvalue weighted by molar-refractivity contribution is 5.95. The molecule has 0 atom stereocenters. The summed E-state index contributed by atoms with van der Waals surface area (Å²) in [6.45, 7) is 0. The summed E-state index contributed by atoms with van der Waals surface area (Å²) in [4.78, 5) is 32.4. The molecule has 0 saturated carbocycles. The number of hydrogen-bond donors (Lipinski definition) is 1. The van der Waals surface area contributed by atoms with Crippen molar-refractivity contribution in [1.82, 2.24) is 0 Å². The predicted octanol–water partition coefficient (Wildman–Crippen LogP) is 4.54. The van der Waals surface area contributed by atoms with Crippen LogP contribution in [-0.2, 0) is 0 Å². The van der Waals surface area contributed by atoms with Gasteiger partial charge in [0.15, 0.2) is 0 Å². The largest absolute Gasteiger partial charge is 0.478 e. The molecule has 0 aliphatic rings. The fourth-order valence-electron chi connectivity index (χ4n) is 2.78. The number of rotatable bonds is 5. The number of hydrogen-bond acceptors (Lipinski definition) is 5. The van der Waals surface area contributed by atoms with Gasteiger partial charge in [0.05, 0.1) is 27.0 Å². The second-order valence-electron chi connectivity index (χ2n) is 5.65. The van der Waals surface area contributed by atoms with E-state index in [0.29, 0.717) is 11.1 Å². The van der Waals surface area contributed by atoms with Gasteiger partial charge in [0.1, 0.15) is 0 Å². The number of nitro groups is 2. The van der Waals surface area contributed by atoms with Gasteiger partial charge in [-0.2, -0.15) is 0 Å². The molecule has 3 aromatic carbocycles. The average Bonchev–Trinajstić information content (AvgIpc) is 2.67. The fraction of sp³-hybridized carbons (Fsp3) is 0. The molecule has 3 aromatic rings. The molecule has 0 saturated heterocycles. The molecule has 0 spiro atoms. The standard InChI is InChI=1S/C19H12N2O6/c22-19(23)13-6-8-15(12-4-2-1-3-5-12)17(10-13)16-9-7-14(20(24)25)11-18(16)21(26)27/h1-11H,(H,22,23). The first-order valence-corrected chi connectivity index (χ1v) is 7.74. The molecule has 0 aliphatic heterocycles. The maximum atomic E-state index is 11.5. The molecular weight excluding hydrogens is 352 g/mol. The Labute approximate surface area is 152 Å². The molecule has 134 valence electrons. The van der Waals surface area contributed by atoms with Gasteiger partial charge in [-0.15, -0.1) is 0 Å². The van der Waals surface area contributed by atoms with Crippen molar-refractivity contribution >= 4 is 17.3 Å². The van der Waals surface area contributed by atoms with Crippen LogP contribution in [-0.4, -0.2) is 20.9 Å². The molecule has 8 heteroatoms. The summed E-state index contributed by atoms with van der Waals surface area (Å²) in [7, 11) is 0. The SMILES string of the molecule is O=C(O)c1ccc(-c2ccccc2)c(-c2ccc([N+](=O)[O-])cc2[N+](=O)[O-])c1. The number of carbonyl (C=O) groups is 1. The van der Waals surface area contributed by atoms with Crippen LogP contribution in [0.4, 0.5) is 11.4 Å². The summed E-state index contributed by atoms with van der Waals surface area (Å²) in [5.74, 6) is -1.18. The summed E-state index contributed by atoms with van der Waals surface area (Å²) in [5, 5.41) is 31.8.